The number of nitrogens with one attached hydrogen (secondary N) is 2. The van der Waals surface area contributed by atoms with Crippen molar-refractivity contribution >= 4 is 12.4 Å². The fourth-order valence-corrected chi connectivity index (χ4v) is 1.80. The van der Waals surface area contributed by atoms with Gasteiger partial charge in [0, 0.05) is 0 Å². The molecular formula is C18H20N4O2. The Morgan fingerprint density at radius 1 is 0.833 bits per heavy atom. The average Bonchev–Trinajstić information content (AvgIpc) is 2.53. The molecule has 6 nitrogen and oxygen atoms in total. The van der Waals surface area contributed by atoms with E-state index in [1.165, 1.54) is 0 Å². The van der Waals surface area contributed by atoms with Gasteiger partial charge in [0.15, 0.2) is 0 Å². The van der Waals surface area contributed by atoms with Crippen LogP contribution < -0.4 is 10.9 Å². The van der Waals surface area contributed by atoms with E-state index in [9.17, 15) is 10.2 Å². The van der Waals surface area contributed by atoms with E-state index < -0.39 is 0 Å². The van der Waals surface area contributed by atoms with E-state index in [0.717, 1.165) is 16.7 Å². The summed E-state index contributed by atoms with van der Waals surface area (Å²) in [4.78, 5) is 0. The van der Waals surface area contributed by atoms with Crippen molar-refractivity contribution in [2.75, 3.05) is 0 Å². The topological polar surface area (TPSA) is 89.2 Å². The number of aromatic hydroxyl groups is 2. The molecule has 2 aromatic carbocycles. The summed E-state index contributed by atoms with van der Waals surface area (Å²) >= 11 is 0. The number of nitrogens with zero attached hydrogens (tertiary/aromatic N) is 2. The molecule has 124 valence electrons. The maximum Gasteiger partial charge on any atom is 0.138 e. The third-order valence-corrected chi connectivity index (χ3v) is 3.02. The van der Waals surface area contributed by atoms with Gasteiger partial charge in [-0.1, -0.05) is 24.3 Å². The van der Waals surface area contributed by atoms with Gasteiger partial charge in [0.1, 0.15) is 17.3 Å². The Morgan fingerprint density at radius 3 is 1.67 bits per heavy atom. The number of hydrazone groups is 2. The molecule has 6 heteroatoms. The quantitative estimate of drug-likeness (QED) is 0.486. The molecule has 0 heterocycles. The molecule has 4 N–H and O–H groups in total. The second-order valence-electron chi connectivity index (χ2n) is 5.30. The second-order valence-corrected chi connectivity index (χ2v) is 5.30. The van der Waals surface area contributed by atoms with Gasteiger partial charge in [-0.25, -0.2) is 0 Å². The molecule has 0 aromatic heterocycles. The molecule has 0 saturated heterocycles. The minimum atomic E-state index is 0.190. The fourth-order valence-electron chi connectivity index (χ4n) is 1.80. The molecule has 0 saturated carbocycles. The Balaban J connectivity index is 1.96. The van der Waals surface area contributed by atoms with E-state index in [2.05, 4.69) is 21.1 Å². The van der Waals surface area contributed by atoms with Gasteiger partial charge >= 0.3 is 0 Å². The molecule has 2 rings (SSSR count). The number of rotatable bonds is 6. The van der Waals surface area contributed by atoms with Crippen LogP contribution in [-0.4, -0.2) is 22.6 Å². The molecule has 0 radical (unpaired) electrons. The Labute approximate surface area is 140 Å². The van der Waals surface area contributed by atoms with Gasteiger partial charge in [0.2, 0.25) is 0 Å². The third-order valence-electron chi connectivity index (χ3n) is 3.02. The first-order valence-electron chi connectivity index (χ1n) is 7.38. The van der Waals surface area contributed by atoms with Crippen LogP contribution in [-0.2, 0) is 0 Å². The first-order chi connectivity index (χ1) is 11.5. The lowest BCUT2D eigenvalue weighted by Gasteiger charge is -2.08. The number of hydrogen-bond acceptors (Lipinski definition) is 6. The molecular weight excluding hydrogens is 304 g/mol. The number of benzene rings is 2. The van der Waals surface area contributed by atoms with Crippen LogP contribution in [0.1, 0.15) is 25.0 Å². The maximum absolute atomic E-state index is 9.41. The zero-order valence-electron chi connectivity index (χ0n) is 13.6. The number of hydrogen-bond donors (Lipinski definition) is 4. The van der Waals surface area contributed by atoms with E-state index in [4.69, 9.17) is 0 Å². The van der Waals surface area contributed by atoms with Crippen molar-refractivity contribution < 1.29 is 10.2 Å². The molecule has 0 aliphatic carbocycles. The van der Waals surface area contributed by atoms with E-state index in [1.54, 1.807) is 48.8 Å². The van der Waals surface area contributed by atoms with Gasteiger partial charge in [0.05, 0.1) is 12.4 Å². The second kappa shape index (κ2) is 8.38. The summed E-state index contributed by atoms with van der Waals surface area (Å²) in [6.07, 6.45) is 3.20. The lowest BCUT2D eigenvalue weighted by molar-refractivity contribution is 0.474. The summed E-state index contributed by atoms with van der Waals surface area (Å²) in [5.74, 6) is 1.02. The first-order valence-corrected chi connectivity index (χ1v) is 7.38. The summed E-state index contributed by atoms with van der Waals surface area (Å²) < 4.78 is 0. The van der Waals surface area contributed by atoms with Gasteiger partial charge in [0.25, 0.3) is 0 Å². The summed E-state index contributed by atoms with van der Waals surface area (Å²) in [7, 11) is 0. The Hall–Kier alpha value is -3.28. The molecule has 0 aliphatic heterocycles. The lowest BCUT2D eigenvalue weighted by atomic mass is 10.2. The van der Waals surface area contributed by atoms with Gasteiger partial charge in [-0.2, -0.15) is 10.2 Å². The van der Waals surface area contributed by atoms with E-state index >= 15 is 0 Å². The van der Waals surface area contributed by atoms with Crippen molar-refractivity contribution in [3.8, 4) is 11.5 Å². The highest BCUT2D eigenvalue weighted by molar-refractivity contribution is 5.80. The third kappa shape index (κ3) is 5.49. The van der Waals surface area contributed by atoms with Gasteiger partial charge < -0.3 is 10.2 Å². The Morgan fingerprint density at radius 2 is 1.29 bits per heavy atom. The molecule has 0 atom stereocenters. The zero-order valence-corrected chi connectivity index (χ0v) is 13.6. The number of allylic oxidation sites excluding steroid dienone is 1. The Kier molecular flexibility index (Phi) is 5.96. The van der Waals surface area contributed by atoms with Crippen LogP contribution in [0.2, 0.25) is 0 Å². The number of phenols is 2. The standard InChI is InChI=1S/C18H20N4O2/c1-13(2)18(21-19-11-14-5-3-7-16(23)9-14)22-20-12-15-6-4-8-17(24)10-15/h3-12,21-24H,1-2H3/b19-11+,20-12+. The highest BCUT2D eigenvalue weighted by Crippen LogP contribution is 2.09. The van der Waals surface area contributed by atoms with Gasteiger partial charge in [-0.05, 0) is 54.8 Å². The smallest absolute Gasteiger partial charge is 0.138 e. The fraction of sp³-hybridized carbons (Fsp3) is 0.111. The monoisotopic (exact) mass is 324 g/mol. The van der Waals surface area contributed by atoms with E-state index in [1.807, 2.05) is 26.0 Å². The zero-order chi connectivity index (χ0) is 17.4. The summed E-state index contributed by atoms with van der Waals surface area (Å²) in [5.41, 5.74) is 8.28. The van der Waals surface area contributed by atoms with E-state index in [0.29, 0.717) is 5.82 Å². The minimum Gasteiger partial charge on any atom is -0.508 e. The average molecular weight is 324 g/mol. The van der Waals surface area contributed by atoms with Crippen molar-refractivity contribution in [1.82, 2.24) is 10.9 Å². The van der Waals surface area contributed by atoms with Crippen LogP contribution >= 0.6 is 0 Å². The predicted molar refractivity (Wildman–Crippen MR) is 96.0 cm³/mol. The van der Waals surface area contributed by atoms with Crippen LogP contribution in [0.15, 0.2) is 70.1 Å². The number of phenolic OH excluding ortho intramolecular Hbond substituents is 2. The van der Waals surface area contributed by atoms with Crippen molar-refractivity contribution in [2.45, 2.75) is 13.8 Å². The first kappa shape index (κ1) is 17.1. The normalized spacial score (nSPS) is 10.9. The highest BCUT2D eigenvalue weighted by atomic mass is 16.3. The highest BCUT2D eigenvalue weighted by Gasteiger charge is 1.96. The lowest BCUT2D eigenvalue weighted by Crippen LogP contribution is -2.20. The molecule has 24 heavy (non-hydrogen) atoms. The van der Waals surface area contributed by atoms with Crippen molar-refractivity contribution in [3.63, 3.8) is 0 Å². The molecule has 2 aromatic rings. The largest absolute Gasteiger partial charge is 0.508 e. The summed E-state index contributed by atoms with van der Waals surface area (Å²) in [6, 6.07) is 13.6. The minimum absolute atomic E-state index is 0.190. The molecule has 0 aliphatic rings. The molecule has 0 fully saturated rings. The maximum atomic E-state index is 9.41. The van der Waals surface area contributed by atoms with Crippen LogP contribution in [0, 0.1) is 0 Å². The van der Waals surface area contributed by atoms with Gasteiger partial charge in [-0.15, -0.1) is 0 Å². The van der Waals surface area contributed by atoms with Crippen molar-refractivity contribution in [3.05, 3.63) is 71.1 Å². The van der Waals surface area contributed by atoms with Crippen LogP contribution in [0.25, 0.3) is 0 Å². The predicted octanol–water partition coefficient (Wildman–Crippen LogP) is 2.90. The van der Waals surface area contributed by atoms with Crippen molar-refractivity contribution in [1.29, 1.82) is 0 Å². The van der Waals surface area contributed by atoms with Crippen molar-refractivity contribution in [2.24, 2.45) is 10.2 Å². The molecule has 0 bridgehead atoms. The summed E-state index contributed by atoms with van der Waals surface area (Å²) in [5, 5.41) is 27.1. The van der Waals surface area contributed by atoms with Gasteiger partial charge in [-0.3, -0.25) is 10.9 Å². The van der Waals surface area contributed by atoms with E-state index in [-0.39, 0.29) is 11.5 Å². The molecule has 0 amide bonds. The Bertz CT molecular complexity index is 719. The van der Waals surface area contributed by atoms with Crippen LogP contribution in [0.5, 0.6) is 11.5 Å². The molecule has 0 unspecified atom stereocenters. The SMILES string of the molecule is CC(C)=C(N/N=C/c1cccc(O)c1)N/N=C/c1cccc(O)c1. The van der Waals surface area contributed by atoms with Crippen LogP contribution in [0.3, 0.4) is 0 Å². The molecule has 0 spiro atoms. The van der Waals surface area contributed by atoms with Crippen LogP contribution in [0.4, 0.5) is 0 Å². The summed E-state index contributed by atoms with van der Waals surface area (Å²) in [6.45, 7) is 3.84.